The molecule has 2 aromatic rings. The van der Waals surface area contributed by atoms with Crippen molar-refractivity contribution in [1.82, 2.24) is 9.38 Å². The number of nitrogens with zero attached hydrogens (tertiary/aromatic N) is 2. The van der Waals surface area contributed by atoms with Crippen LogP contribution in [0.5, 0.6) is 0 Å². The Morgan fingerprint density at radius 3 is 3.07 bits per heavy atom. The highest BCUT2D eigenvalue weighted by Crippen LogP contribution is 2.12. The van der Waals surface area contributed by atoms with E-state index in [1.54, 1.807) is 40.6 Å². The first kappa shape index (κ1) is 10.0. The Balaban J connectivity index is 2.59. The van der Waals surface area contributed by atoms with Gasteiger partial charge in [0.2, 0.25) is 0 Å². The summed E-state index contributed by atoms with van der Waals surface area (Å²) in [5.74, 6) is -0.144. The van der Waals surface area contributed by atoms with E-state index in [0.29, 0.717) is 5.65 Å². The molecule has 2 heterocycles. The second-order valence-corrected chi connectivity index (χ2v) is 3.98. The summed E-state index contributed by atoms with van der Waals surface area (Å²) in [6, 6.07) is 5.07. The predicted molar refractivity (Wildman–Crippen MR) is 59.4 cm³/mol. The fourth-order valence-corrected chi connectivity index (χ4v) is 1.89. The van der Waals surface area contributed by atoms with Gasteiger partial charge in [-0.3, -0.25) is 4.40 Å². The zero-order valence-corrected chi connectivity index (χ0v) is 8.99. The van der Waals surface area contributed by atoms with Crippen LogP contribution in [-0.2, 0) is 5.75 Å². The lowest BCUT2D eigenvalue weighted by molar-refractivity contribution is 0.0689. The maximum atomic E-state index is 10.9. The SMILES string of the molecule is CSCc1cn2c(C(=O)O)cccc2n1. The second kappa shape index (κ2) is 3.94. The third-order valence-electron chi connectivity index (χ3n) is 2.05. The third kappa shape index (κ3) is 1.83. The molecule has 4 nitrogen and oxygen atoms in total. The molecule has 0 aliphatic heterocycles. The number of hydrogen-bond acceptors (Lipinski definition) is 3. The van der Waals surface area contributed by atoms with E-state index in [4.69, 9.17) is 5.11 Å². The number of aromatic carboxylic acids is 1. The summed E-state index contributed by atoms with van der Waals surface area (Å²) in [4.78, 5) is 15.3. The summed E-state index contributed by atoms with van der Waals surface area (Å²) < 4.78 is 1.61. The molecular weight excluding hydrogens is 212 g/mol. The summed E-state index contributed by atoms with van der Waals surface area (Å²) in [5.41, 5.74) is 1.82. The maximum absolute atomic E-state index is 10.9. The van der Waals surface area contributed by atoms with Crippen LogP contribution in [0.4, 0.5) is 0 Å². The van der Waals surface area contributed by atoms with Crippen LogP contribution >= 0.6 is 11.8 Å². The lowest BCUT2D eigenvalue weighted by Gasteiger charge is -1.97. The molecule has 1 N–H and O–H groups in total. The Morgan fingerprint density at radius 1 is 1.60 bits per heavy atom. The van der Waals surface area contributed by atoms with Crippen LogP contribution < -0.4 is 0 Å². The largest absolute Gasteiger partial charge is 0.477 e. The quantitative estimate of drug-likeness (QED) is 0.861. The van der Waals surface area contributed by atoms with Crippen LogP contribution in [0.2, 0.25) is 0 Å². The highest BCUT2D eigenvalue weighted by Gasteiger charge is 2.09. The molecule has 5 heteroatoms. The van der Waals surface area contributed by atoms with Crippen LogP contribution in [0.15, 0.2) is 24.4 Å². The Hall–Kier alpha value is -1.49. The molecule has 0 unspecified atom stereocenters. The number of pyridine rings is 1. The van der Waals surface area contributed by atoms with Crippen LogP contribution in [-0.4, -0.2) is 26.7 Å². The first-order valence-electron chi connectivity index (χ1n) is 4.41. The van der Waals surface area contributed by atoms with E-state index in [2.05, 4.69) is 4.98 Å². The first-order valence-corrected chi connectivity index (χ1v) is 5.81. The summed E-state index contributed by atoms with van der Waals surface area (Å²) >= 11 is 1.66. The van der Waals surface area contributed by atoms with Gasteiger partial charge in [-0.2, -0.15) is 11.8 Å². The zero-order valence-electron chi connectivity index (χ0n) is 8.17. The van der Waals surface area contributed by atoms with E-state index in [1.165, 1.54) is 0 Å². The molecule has 0 atom stereocenters. The molecule has 0 aliphatic carbocycles. The number of rotatable bonds is 3. The molecule has 0 spiro atoms. The molecule has 0 saturated carbocycles. The van der Waals surface area contributed by atoms with E-state index >= 15 is 0 Å². The van der Waals surface area contributed by atoms with Crippen molar-refractivity contribution in [1.29, 1.82) is 0 Å². The van der Waals surface area contributed by atoms with Gasteiger partial charge in [0.05, 0.1) is 5.69 Å². The van der Waals surface area contributed by atoms with Crippen LogP contribution in [0.3, 0.4) is 0 Å². The van der Waals surface area contributed by atoms with Gasteiger partial charge in [-0.1, -0.05) is 6.07 Å². The van der Waals surface area contributed by atoms with Gasteiger partial charge in [0.1, 0.15) is 11.3 Å². The molecule has 0 bridgehead atoms. The molecular formula is C10H10N2O2S. The average molecular weight is 222 g/mol. The van der Waals surface area contributed by atoms with Crippen LogP contribution in [0, 0.1) is 0 Å². The van der Waals surface area contributed by atoms with Gasteiger partial charge in [0.15, 0.2) is 0 Å². The van der Waals surface area contributed by atoms with Crippen molar-refractivity contribution in [3.63, 3.8) is 0 Å². The summed E-state index contributed by atoms with van der Waals surface area (Å²) in [6.45, 7) is 0. The fraction of sp³-hybridized carbons (Fsp3) is 0.200. The highest BCUT2D eigenvalue weighted by atomic mass is 32.2. The van der Waals surface area contributed by atoms with Gasteiger partial charge < -0.3 is 5.11 Å². The molecule has 0 aromatic carbocycles. The summed E-state index contributed by atoms with van der Waals surface area (Å²) in [6.07, 6.45) is 3.76. The molecule has 2 rings (SSSR count). The summed E-state index contributed by atoms with van der Waals surface area (Å²) in [7, 11) is 0. The number of aromatic nitrogens is 2. The standard InChI is InChI=1S/C10H10N2O2S/c1-15-6-7-5-12-8(10(13)14)3-2-4-9(12)11-7/h2-5H,6H2,1H3,(H,13,14). The Kier molecular flexibility index (Phi) is 2.64. The van der Waals surface area contributed by atoms with Crippen molar-refractivity contribution in [2.75, 3.05) is 6.26 Å². The van der Waals surface area contributed by atoms with Crippen LogP contribution in [0.25, 0.3) is 5.65 Å². The van der Waals surface area contributed by atoms with Gasteiger partial charge in [0.25, 0.3) is 0 Å². The molecule has 0 fully saturated rings. The average Bonchev–Trinajstić information content (AvgIpc) is 2.59. The number of carboxylic acids is 1. The van der Waals surface area contributed by atoms with Gasteiger partial charge in [0, 0.05) is 11.9 Å². The minimum Gasteiger partial charge on any atom is -0.477 e. The molecule has 2 aromatic heterocycles. The van der Waals surface area contributed by atoms with Gasteiger partial charge in [-0.25, -0.2) is 9.78 Å². The molecule has 0 radical (unpaired) electrons. The van der Waals surface area contributed by atoms with Crippen molar-refractivity contribution < 1.29 is 9.90 Å². The number of fused-ring (bicyclic) bond motifs is 1. The van der Waals surface area contributed by atoms with E-state index in [1.807, 2.05) is 6.26 Å². The number of carboxylic acid groups (broad SMARTS) is 1. The Morgan fingerprint density at radius 2 is 2.40 bits per heavy atom. The van der Waals surface area contributed by atoms with Crippen molar-refractivity contribution >= 4 is 23.4 Å². The smallest absolute Gasteiger partial charge is 0.352 e. The highest BCUT2D eigenvalue weighted by molar-refractivity contribution is 7.97. The topological polar surface area (TPSA) is 54.6 Å². The molecule has 0 saturated heterocycles. The Bertz CT molecular complexity index is 507. The number of carbonyl (C=O) groups is 1. The van der Waals surface area contributed by atoms with Gasteiger partial charge in [-0.15, -0.1) is 0 Å². The zero-order chi connectivity index (χ0) is 10.8. The lowest BCUT2D eigenvalue weighted by Crippen LogP contribution is -2.03. The van der Waals surface area contributed by atoms with Gasteiger partial charge in [-0.05, 0) is 18.4 Å². The summed E-state index contributed by atoms with van der Waals surface area (Å²) in [5, 5.41) is 8.97. The molecule has 78 valence electrons. The maximum Gasteiger partial charge on any atom is 0.352 e. The van der Waals surface area contributed by atoms with Crippen molar-refractivity contribution in [3.8, 4) is 0 Å². The normalized spacial score (nSPS) is 10.7. The molecule has 0 amide bonds. The fourth-order valence-electron chi connectivity index (χ4n) is 1.45. The second-order valence-electron chi connectivity index (χ2n) is 3.11. The lowest BCUT2D eigenvalue weighted by atomic mass is 10.3. The predicted octanol–water partition coefficient (Wildman–Crippen LogP) is 1.90. The third-order valence-corrected chi connectivity index (χ3v) is 2.64. The van der Waals surface area contributed by atoms with Crippen LogP contribution in [0.1, 0.15) is 16.2 Å². The van der Waals surface area contributed by atoms with E-state index < -0.39 is 5.97 Å². The minimum absolute atomic E-state index is 0.243. The monoisotopic (exact) mass is 222 g/mol. The minimum atomic E-state index is -0.936. The first-order chi connectivity index (χ1) is 7.22. The number of hydrogen-bond donors (Lipinski definition) is 1. The molecule has 0 aliphatic rings. The van der Waals surface area contributed by atoms with Crippen molar-refractivity contribution in [2.45, 2.75) is 5.75 Å². The molecule has 15 heavy (non-hydrogen) atoms. The van der Waals surface area contributed by atoms with E-state index in [9.17, 15) is 4.79 Å². The van der Waals surface area contributed by atoms with Crippen molar-refractivity contribution in [2.24, 2.45) is 0 Å². The van der Waals surface area contributed by atoms with Gasteiger partial charge >= 0.3 is 5.97 Å². The van der Waals surface area contributed by atoms with Crippen molar-refractivity contribution in [3.05, 3.63) is 35.8 Å². The Labute approximate surface area is 90.9 Å². The van der Waals surface area contributed by atoms with E-state index in [0.717, 1.165) is 11.4 Å². The van der Waals surface area contributed by atoms with E-state index in [-0.39, 0.29) is 5.69 Å². The number of imidazole rings is 1. The number of thioether (sulfide) groups is 1.